The summed E-state index contributed by atoms with van der Waals surface area (Å²) in [6, 6.07) is 29.2. The molecule has 0 amide bonds. The van der Waals surface area contributed by atoms with E-state index >= 15 is 0 Å². The second-order valence-corrected chi connectivity index (χ2v) is 12.9. The van der Waals surface area contributed by atoms with Gasteiger partial charge in [0.1, 0.15) is 5.82 Å². The van der Waals surface area contributed by atoms with Crippen LogP contribution in [0.4, 0.5) is 4.39 Å². The first-order valence-electron chi connectivity index (χ1n) is 13.8. The van der Waals surface area contributed by atoms with E-state index in [0.29, 0.717) is 38.8 Å². The molecule has 9 heteroatoms. The molecule has 0 fully saturated rings. The molecule has 1 aromatic heterocycles. The standard InChI is InChI=1S/C36H24ClFN2O4S/c1-21-7-12-28(13-8-21)45(43,44)40-33-15-11-27(38)19-31(33)34(30-16-22(2)6-9-26(30)20-39)35(40)24-5-3-4-23(17-24)29-14-10-25(36(41)42)18-32(29)37/h3-19H,1-2H3,(H,41,42). The van der Waals surface area contributed by atoms with Gasteiger partial charge in [-0.2, -0.15) is 5.26 Å². The minimum absolute atomic E-state index is 0.0250. The average molecular weight is 635 g/mol. The summed E-state index contributed by atoms with van der Waals surface area (Å²) in [4.78, 5) is 11.5. The summed E-state index contributed by atoms with van der Waals surface area (Å²) < 4.78 is 45.2. The molecule has 0 bridgehead atoms. The van der Waals surface area contributed by atoms with E-state index in [-0.39, 0.29) is 26.7 Å². The molecule has 0 atom stereocenters. The second kappa shape index (κ2) is 11.4. The second-order valence-electron chi connectivity index (χ2n) is 10.7. The average Bonchev–Trinajstić information content (AvgIpc) is 3.36. The molecule has 222 valence electrons. The third-order valence-corrected chi connectivity index (χ3v) is 9.71. The number of nitriles is 1. The highest BCUT2D eigenvalue weighted by Crippen LogP contribution is 2.45. The van der Waals surface area contributed by atoms with Crippen LogP contribution < -0.4 is 0 Å². The monoisotopic (exact) mass is 634 g/mol. The molecule has 6 aromatic rings. The quantitative estimate of drug-likeness (QED) is 0.197. The number of carboxylic acids is 1. The van der Waals surface area contributed by atoms with Crippen LogP contribution in [0.5, 0.6) is 0 Å². The number of carboxylic acid groups (broad SMARTS) is 1. The van der Waals surface area contributed by atoms with Crippen molar-refractivity contribution in [3.05, 3.63) is 136 Å². The van der Waals surface area contributed by atoms with Gasteiger partial charge in [-0.25, -0.2) is 21.6 Å². The Morgan fingerprint density at radius 3 is 2.24 bits per heavy atom. The van der Waals surface area contributed by atoms with Crippen LogP contribution in [-0.2, 0) is 10.0 Å². The van der Waals surface area contributed by atoms with E-state index < -0.39 is 21.8 Å². The lowest BCUT2D eigenvalue weighted by atomic mass is 9.92. The van der Waals surface area contributed by atoms with Gasteiger partial charge in [0.15, 0.2) is 0 Å². The molecule has 1 N–H and O–H groups in total. The van der Waals surface area contributed by atoms with Crippen LogP contribution in [0.15, 0.2) is 108 Å². The first-order valence-corrected chi connectivity index (χ1v) is 15.6. The molecule has 45 heavy (non-hydrogen) atoms. The fourth-order valence-corrected chi connectivity index (χ4v) is 7.35. The highest BCUT2D eigenvalue weighted by atomic mass is 35.5. The third kappa shape index (κ3) is 5.27. The predicted octanol–water partition coefficient (Wildman–Crippen LogP) is 8.86. The Kier molecular flexibility index (Phi) is 7.53. The number of hydrogen-bond donors (Lipinski definition) is 1. The smallest absolute Gasteiger partial charge is 0.335 e. The number of hydrogen-bond acceptors (Lipinski definition) is 4. The van der Waals surface area contributed by atoms with Crippen molar-refractivity contribution in [3.8, 4) is 39.6 Å². The molecular formula is C36H24ClFN2O4S. The number of aryl methyl sites for hydroxylation is 2. The maximum absolute atomic E-state index is 14.9. The van der Waals surface area contributed by atoms with E-state index in [1.165, 1.54) is 46.4 Å². The third-order valence-electron chi connectivity index (χ3n) is 7.67. The van der Waals surface area contributed by atoms with Crippen molar-refractivity contribution in [3.63, 3.8) is 0 Å². The van der Waals surface area contributed by atoms with Crippen LogP contribution in [0, 0.1) is 31.0 Å². The minimum Gasteiger partial charge on any atom is -0.478 e. The zero-order valence-electron chi connectivity index (χ0n) is 24.0. The topological polar surface area (TPSA) is 100 Å². The van der Waals surface area contributed by atoms with Crippen LogP contribution >= 0.6 is 11.6 Å². The zero-order valence-corrected chi connectivity index (χ0v) is 25.6. The van der Waals surface area contributed by atoms with E-state index in [1.54, 1.807) is 60.7 Å². The van der Waals surface area contributed by atoms with Gasteiger partial charge in [0, 0.05) is 32.7 Å². The Labute approximate surface area is 264 Å². The molecule has 0 saturated heterocycles. The van der Waals surface area contributed by atoms with Crippen molar-refractivity contribution in [1.82, 2.24) is 3.97 Å². The minimum atomic E-state index is -4.27. The molecule has 0 unspecified atom stereocenters. The first kappa shape index (κ1) is 29.8. The van der Waals surface area contributed by atoms with Crippen molar-refractivity contribution < 1.29 is 22.7 Å². The number of nitrogens with zero attached hydrogens (tertiary/aromatic N) is 2. The first-order chi connectivity index (χ1) is 21.5. The van der Waals surface area contributed by atoms with Gasteiger partial charge in [-0.1, -0.05) is 71.3 Å². The molecule has 1 heterocycles. The van der Waals surface area contributed by atoms with Crippen LogP contribution in [0.25, 0.3) is 44.4 Å². The van der Waals surface area contributed by atoms with Crippen LogP contribution in [0.3, 0.4) is 0 Å². The van der Waals surface area contributed by atoms with Gasteiger partial charge < -0.3 is 5.11 Å². The fourth-order valence-electron chi connectivity index (χ4n) is 5.51. The summed E-state index contributed by atoms with van der Waals surface area (Å²) >= 11 is 6.53. The Morgan fingerprint density at radius 2 is 1.56 bits per heavy atom. The number of benzene rings is 5. The lowest BCUT2D eigenvalue weighted by Crippen LogP contribution is -2.14. The summed E-state index contributed by atoms with van der Waals surface area (Å²) in [6.07, 6.45) is 0. The molecule has 6 rings (SSSR count). The lowest BCUT2D eigenvalue weighted by Gasteiger charge is -2.16. The van der Waals surface area contributed by atoms with E-state index in [0.717, 1.165) is 11.1 Å². The van der Waals surface area contributed by atoms with E-state index in [4.69, 9.17) is 11.6 Å². The molecular weight excluding hydrogens is 611 g/mol. The number of halogens is 2. The summed E-state index contributed by atoms with van der Waals surface area (Å²) in [5, 5.41) is 20.0. The molecule has 0 spiro atoms. The van der Waals surface area contributed by atoms with E-state index in [1.807, 2.05) is 13.8 Å². The number of rotatable bonds is 6. The van der Waals surface area contributed by atoms with Crippen molar-refractivity contribution in [2.75, 3.05) is 0 Å². The molecule has 0 aliphatic heterocycles. The van der Waals surface area contributed by atoms with Crippen molar-refractivity contribution in [1.29, 1.82) is 5.26 Å². The molecule has 0 saturated carbocycles. The molecule has 0 radical (unpaired) electrons. The van der Waals surface area contributed by atoms with Crippen LogP contribution in [-0.4, -0.2) is 23.5 Å². The van der Waals surface area contributed by atoms with Crippen molar-refractivity contribution in [2.24, 2.45) is 0 Å². The summed E-state index contributed by atoms with van der Waals surface area (Å²) in [6.45, 7) is 3.71. The van der Waals surface area contributed by atoms with Gasteiger partial charge in [-0.05, 0) is 74.0 Å². The van der Waals surface area contributed by atoms with Gasteiger partial charge in [-0.15, -0.1) is 0 Å². The lowest BCUT2D eigenvalue weighted by molar-refractivity contribution is 0.0697. The Morgan fingerprint density at radius 1 is 0.844 bits per heavy atom. The Bertz CT molecular complexity index is 2320. The summed E-state index contributed by atoms with van der Waals surface area (Å²) in [5.74, 6) is -1.68. The van der Waals surface area contributed by atoms with Gasteiger partial charge in [0.05, 0.1) is 33.3 Å². The number of aromatic carboxylic acids is 1. The van der Waals surface area contributed by atoms with Crippen LogP contribution in [0.1, 0.15) is 27.0 Å². The summed E-state index contributed by atoms with van der Waals surface area (Å²) in [7, 11) is -4.27. The SMILES string of the molecule is Cc1ccc(S(=O)(=O)n2c(-c3cccc(-c4ccc(C(=O)O)cc4Cl)c3)c(-c3cc(C)ccc3C#N)c3cc(F)ccc32)cc1. The van der Waals surface area contributed by atoms with E-state index in [9.17, 15) is 28.0 Å². The maximum Gasteiger partial charge on any atom is 0.335 e. The normalized spacial score (nSPS) is 11.4. The van der Waals surface area contributed by atoms with Crippen LogP contribution in [0.2, 0.25) is 5.02 Å². The van der Waals surface area contributed by atoms with Crippen molar-refractivity contribution in [2.45, 2.75) is 18.7 Å². The number of fused-ring (bicyclic) bond motifs is 1. The van der Waals surface area contributed by atoms with Gasteiger partial charge in [-0.3, -0.25) is 0 Å². The predicted molar refractivity (Wildman–Crippen MR) is 173 cm³/mol. The van der Waals surface area contributed by atoms with Gasteiger partial charge in [0.2, 0.25) is 0 Å². The highest BCUT2D eigenvalue weighted by molar-refractivity contribution is 7.90. The molecule has 6 nitrogen and oxygen atoms in total. The highest BCUT2D eigenvalue weighted by Gasteiger charge is 2.30. The number of carbonyl (C=O) groups is 1. The van der Waals surface area contributed by atoms with Gasteiger partial charge in [0.25, 0.3) is 10.0 Å². The fraction of sp³-hybridized carbons (Fsp3) is 0.0556. The largest absolute Gasteiger partial charge is 0.478 e. The number of aromatic nitrogens is 1. The van der Waals surface area contributed by atoms with E-state index in [2.05, 4.69) is 6.07 Å². The van der Waals surface area contributed by atoms with Gasteiger partial charge >= 0.3 is 5.97 Å². The summed E-state index contributed by atoms with van der Waals surface area (Å²) in [5.41, 5.74) is 4.92. The molecule has 0 aliphatic rings. The Hall–Kier alpha value is -5.23. The molecule has 5 aromatic carbocycles. The Balaban J connectivity index is 1.75. The van der Waals surface area contributed by atoms with Crippen molar-refractivity contribution >= 4 is 38.5 Å². The molecule has 0 aliphatic carbocycles. The zero-order chi connectivity index (χ0) is 32.0. The maximum atomic E-state index is 14.9.